The summed E-state index contributed by atoms with van der Waals surface area (Å²) in [5.74, 6) is -0.0673. The second-order valence-corrected chi connectivity index (χ2v) is 7.86. The fourth-order valence-corrected chi connectivity index (χ4v) is 3.52. The lowest BCUT2D eigenvalue weighted by Crippen LogP contribution is -2.12. The Kier molecular flexibility index (Phi) is 5.39. The van der Waals surface area contributed by atoms with Gasteiger partial charge in [-0.15, -0.1) is 5.10 Å². The molecule has 0 radical (unpaired) electrons. The van der Waals surface area contributed by atoms with Gasteiger partial charge in [0.2, 0.25) is 5.88 Å². The summed E-state index contributed by atoms with van der Waals surface area (Å²) in [5.41, 5.74) is 6.97. The summed E-state index contributed by atoms with van der Waals surface area (Å²) in [6, 6.07) is 10.6. The van der Waals surface area contributed by atoms with Crippen LogP contribution in [0.5, 0.6) is 11.6 Å². The molecular formula is C23H17F3N8O2. The third kappa shape index (κ3) is 4.21. The number of carbonyl (C=O) groups is 1. The summed E-state index contributed by atoms with van der Waals surface area (Å²) in [6.45, 7) is 3.09. The van der Waals surface area contributed by atoms with E-state index >= 15 is 0 Å². The summed E-state index contributed by atoms with van der Waals surface area (Å²) < 4.78 is 47.6. The number of Topliss-reactive ketones (excluding diaryl/α,β-unsaturated/α-hetero) is 1. The number of anilines is 1. The second-order valence-electron chi connectivity index (χ2n) is 7.86. The average Bonchev–Trinajstić information content (AvgIpc) is 3.43. The van der Waals surface area contributed by atoms with Crippen LogP contribution in [0.15, 0.2) is 54.9 Å². The number of hydrogen-bond donors (Lipinski definition) is 1. The Morgan fingerprint density at radius 1 is 1.08 bits per heavy atom. The van der Waals surface area contributed by atoms with Crippen LogP contribution in [-0.2, 0) is 6.18 Å². The van der Waals surface area contributed by atoms with Crippen molar-refractivity contribution in [2.45, 2.75) is 20.0 Å². The van der Waals surface area contributed by atoms with Gasteiger partial charge < -0.3 is 10.5 Å². The molecule has 0 saturated heterocycles. The minimum atomic E-state index is -4.71. The molecule has 0 fully saturated rings. The van der Waals surface area contributed by atoms with E-state index in [2.05, 4.69) is 25.4 Å². The number of halogens is 3. The van der Waals surface area contributed by atoms with Gasteiger partial charge in [-0.05, 0) is 44.2 Å². The Morgan fingerprint density at radius 2 is 1.89 bits per heavy atom. The Morgan fingerprint density at radius 3 is 2.56 bits per heavy atom. The number of aryl methyl sites for hydroxylation is 1. The van der Waals surface area contributed by atoms with Gasteiger partial charge in [-0.3, -0.25) is 4.79 Å². The highest BCUT2D eigenvalue weighted by molar-refractivity contribution is 5.97. The van der Waals surface area contributed by atoms with Crippen LogP contribution < -0.4 is 10.5 Å². The number of nitrogen functional groups attached to an aromatic ring is 1. The zero-order chi connectivity index (χ0) is 25.6. The monoisotopic (exact) mass is 494 g/mol. The van der Waals surface area contributed by atoms with Crippen LogP contribution in [0, 0.1) is 6.92 Å². The van der Waals surface area contributed by atoms with Crippen molar-refractivity contribution in [1.82, 2.24) is 34.6 Å². The van der Waals surface area contributed by atoms with Gasteiger partial charge in [0.1, 0.15) is 11.6 Å². The molecule has 5 rings (SSSR count). The van der Waals surface area contributed by atoms with E-state index in [4.69, 9.17) is 10.5 Å². The minimum absolute atomic E-state index is 0.0636. The predicted molar refractivity (Wildman–Crippen MR) is 122 cm³/mol. The molecule has 0 unspecified atom stereocenters. The van der Waals surface area contributed by atoms with Crippen LogP contribution in [0.1, 0.15) is 28.7 Å². The molecule has 182 valence electrons. The topological polar surface area (TPSA) is 126 Å². The maximum absolute atomic E-state index is 13.2. The average molecular weight is 494 g/mol. The van der Waals surface area contributed by atoms with Gasteiger partial charge in [0, 0.05) is 17.7 Å². The number of alkyl halides is 3. The standard InChI is InChI=1S/C23H17F3N8O2/c1-12-3-8-21(31-30-12)36-14-4-7-18-16(10-28-33(18)11-14)17-6-5-15(13(2)35)22(29-17)34-20(27)9-19(32-34)23(24,25)26/h3-11H,27H2,1-2H3. The molecule has 0 amide bonds. The number of ether oxygens (including phenoxy) is 1. The molecule has 0 aliphatic rings. The number of fused-ring (bicyclic) bond motifs is 1. The van der Waals surface area contributed by atoms with Crippen LogP contribution in [0.3, 0.4) is 0 Å². The zero-order valence-corrected chi connectivity index (χ0v) is 18.9. The van der Waals surface area contributed by atoms with Gasteiger partial charge in [-0.2, -0.15) is 33.1 Å². The number of ketones is 1. The van der Waals surface area contributed by atoms with E-state index in [1.54, 1.807) is 41.0 Å². The molecule has 5 aromatic rings. The maximum atomic E-state index is 13.2. The molecule has 5 heterocycles. The highest BCUT2D eigenvalue weighted by atomic mass is 19.4. The third-order valence-electron chi connectivity index (χ3n) is 5.24. The van der Waals surface area contributed by atoms with E-state index < -0.39 is 17.7 Å². The number of nitrogens with two attached hydrogens (primary N) is 1. The highest BCUT2D eigenvalue weighted by Crippen LogP contribution is 2.32. The van der Waals surface area contributed by atoms with Crippen molar-refractivity contribution in [3.05, 3.63) is 71.8 Å². The number of pyridine rings is 2. The summed E-state index contributed by atoms with van der Waals surface area (Å²) in [5, 5.41) is 15.8. The highest BCUT2D eigenvalue weighted by Gasteiger charge is 2.35. The number of aromatic nitrogens is 7. The summed E-state index contributed by atoms with van der Waals surface area (Å²) in [6.07, 6.45) is -1.54. The largest absolute Gasteiger partial charge is 0.436 e. The molecule has 36 heavy (non-hydrogen) atoms. The summed E-state index contributed by atoms with van der Waals surface area (Å²) in [7, 11) is 0. The third-order valence-corrected chi connectivity index (χ3v) is 5.24. The van der Waals surface area contributed by atoms with Gasteiger partial charge in [-0.25, -0.2) is 9.50 Å². The van der Waals surface area contributed by atoms with E-state index in [1.165, 1.54) is 19.2 Å². The molecule has 0 spiro atoms. The Balaban J connectivity index is 1.55. The van der Waals surface area contributed by atoms with Gasteiger partial charge in [0.25, 0.3) is 0 Å². The van der Waals surface area contributed by atoms with Crippen LogP contribution in [0.2, 0.25) is 0 Å². The Hall–Kier alpha value is -4.81. The fourth-order valence-electron chi connectivity index (χ4n) is 3.52. The van der Waals surface area contributed by atoms with E-state index in [1.807, 2.05) is 6.92 Å². The van der Waals surface area contributed by atoms with Crippen LogP contribution >= 0.6 is 0 Å². The SMILES string of the molecule is CC(=O)c1ccc(-c2cnn3cc(Oc4ccc(C)nn4)ccc23)nc1-n1nc(C(F)(F)F)cc1N. The first-order valence-electron chi connectivity index (χ1n) is 10.5. The first-order chi connectivity index (χ1) is 17.1. The first-order valence-corrected chi connectivity index (χ1v) is 10.5. The first kappa shape index (κ1) is 23.0. The van der Waals surface area contributed by atoms with Crippen molar-refractivity contribution in [2.75, 3.05) is 5.73 Å². The fraction of sp³-hybridized carbons (Fsp3) is 0.130. The number of nitrogens with zero attached hydrogens (tertiary/aromatic N) is 7. The van der Waals surface area contributed by atoms with Gasteiger partial charge in [-0.1, -0.05) is 0 Å². The van der Waals surface area contributed by atoms with E-state index in [9.17, 15) is 18.0 Å². The number of rotatable bonds is 5. The van der Waals surface area contributed by atoms with Crippen LogP contribution in [0.25, 0.3) is 22.6 Å². The lowest BCUT2D eigenvalue weighted by Gasteiger charge is -2.10. The molecule has 0 atom stereocenters. The molecule has 0 aliphatic carbocycles. The lowest BCUT2D eigenvalue weighted by atomic mass is 10.1. The molecule has 0 aliphatic heterocycles. The molecule has 0 bridgehead atoms. The minimum Gasteiger partial charge on any atom is -0.436 e. The van der Waals surface area contributed by atoms with Gasteiger partial charge in [0.05, 0.1) is 34.9 Å². The zero-order valence-electron chi connectivity index (χ0n) is 18.9. The lowest BCUT2D eigenvalue weighted by molar-refractivity contribution is -0.141. The smallest absolute Gasteiger partial charge is 0.435 e. The molecule has 0 aromatic carbocycles. The number of carbonyl (C=O) groups excluding carboxylic acids is 1. The van der Waals surface area contributed by atoms with Crippen molar-refractivity contribution in [3.63, 3.8) is 0 Å². The Labute approximate surface area is 201 Å². The molecule has 0 saturated carbocycles. The van der Waals surface area contributed by atoms with Crippen LogP contribution in [-0.4, -0.2) is 40.4 Å². The van der Waals surface area contributed by atoms with Crippen molar-refractivity contribution >= 4 is 17.1 Å². The van der Waals surface area contributed by atoms with Crippen LogP contribution in [0.4, 0.5) is 19.0 Å². The van der Waals surface area contributed by atoms with E-state index in [-0.39, 0.29) is 17.2 Å². The quantitative estimate of drug-likeness (QED) is 0.359. The van der Waals surface area contributed by atoms with Crippen molar-refractivity contribution in [1.29, 1.82) is 0 Å². The van der Waals surface area contributed by atoms with E-state index in [0.717, 1.165) is 10.4 Å². The summed E-state index contributed by atoms with van der Waals surface area (Å²) in [4.78, 5) is 16.6. The van der Waals surface area contributed by atoms with Gasteiger partial charge >= 0.3 is 6.18 Å². The van der Waals surface area contributed by atoms with E-state index in [0.29, 0.717) is 34.5 Å². The van der Waals surface area contributed by atoms with Crippen molar-refractivity contribution in [3.8, 4) is 28.7 Å². The number of hydrogen-bond acceptors (Lipinski definition) is 8. The molecule has 2 N–H and O–H groups in total. The molecule has 13 heteroatoms. The van der Waals surface area contributed by atoms with Crippen molar-refractivity contribution in [2.24, 2.45) is 0 Å². The molecule has 5 aromatic heterocycles. The Bertz CT molecular complexity index is 1610. The molecule has 10 nitrogen and oxygen atoms in total. The summed E-state index contributed by atoms with van der Waals surface area (Å²) >= 11 is 0. The normalized spacial score (nSPS) is 11.7. The van der Waals surface area contributed by atoms with Crippen molar-refractivity contribution < 1.29 is 22.7 Å². The molecular weight excluding hydrogens is 477 g/mol. The second kappa shape index (κ2) is 8.45. The predicted octanol–water partition coefficient (Wildman–Crippen LogP) is 4.28. The van der Waals surface area contributed by atoms with Gasteiger partial charge in [0.15, 0.2) is 17.3 Å². The maximum Gasteiger partial charge on any atom is 0.435 e.